The first-order valence-electron chi connectivity index (χ1n) is 19.7. The molecule has 0 fully saturated rings. The predicted octanol–water partition coefficient (Wildman–Crippen LogP) is 15.5. The van der Waals surface area contributed by atoms with Gasteiger partial charge in [-0.1, -0.05) is 167 Å². The number of thiophene rings is 1. The maximum atomic E-state index is 2.49. The van der Waals surface area contributed by atoms with Crippen LogP contribution in [-0.4, -0.2) is 0 Å². The number of benzene rings is 8. The first kappa shape index (κ1) is 33.1. The molecule has 0 spiro atoms. The van der Waals surface area contributed by atoms with Crippen molar-refractivity contribution in [2.24, 2.45) is 0 Å². The zero-order chi connectivity index (χ0) is 37.8. The van der Waals surface area contributed by atoms with E-state index in [-0.39, 0.29) is 10.8 Å². The van der Waals surface area contributed by atoms with Gasteiger partial charge in [-0.2, -0.15) is 0 Å². The second-order valence-corrected chi connectivity index (χ2v) is 17.5. The lowest BCUT2D eigenvalue weighted by Gasteiger charge is -2.29. The summed E-state index contributed by atoms with van der Waals surface area (Å²) in [5, 5.41) is 2.64. The van der Waals surface area contributed by atoms with E-state index in [1.54, 1.807) is 0 Å². The van der Waals surface area contributed by atoms with Crippen LogP contribution < -0.4 is 4.90 Å². The minimum absolute atomic E-state index is 0.0401. The lowest BCUT2D eigenvalue weighted by molar-refractivity contribution is 0.660. The summed E-state index contributed by atoms with van der Waals surface area (Å²) in [4.78, 5) is 2.49. The van der Waals surface area contributed by atoms with Crippen molar-refractivity contribution in [3.8, 4) is 44.5 Å². The molecule has 0 atom stereocenters. The summed E-state index contributed by atoms with van der Waals surface area (Å²) in [6.07, 6.45) is 0. The van der Waals surface area contributed by atoms with Gasteiger partial charge in [0, 0.05) is 47.9 Å². The smallest absolute Gasteiger partial charge is 0.0543 e. The zero-order valence-electron chi connectivity index (χ0n) is 32.1. The van der Waals surface area contributed by atoms with Crippen LogP contribution in [0.5, 0.6) is 0 Å². The molecule has 56 heavy (non-hydrogen) atoms. The molecule has 0 radical (unpaired) electrons. The lowest BCUT2D eigenvalue weighted by atomic mass is 9.82. The van der Waals surface area contributed by atoms with Crippen LogP contribution in [0.25, 0.3) is 64.7 Å². The quantitative estimate of drug-likeness (QED) is 0.170. The minimum atomic E-state index is -0.103. The highest BCUT2D eigenvalue weighted by Gasteiger charge is 2.38. The van der Waals surface area contributed by atoms with Gasteiger partial charge in [-0.25, -0.2) is 0 Å². The number of rotatable bonds is 5. The Morgan fingerprint density at radius 1 is 0.393 bits per heavy atom. The second kappa shape index (κ2) is 12.1. The van der Waals surface area contributed by atoms with Crippen molar-refractivity contribution in [3.05, 3.63) is 198 Å². The Labute approximate surface area is 333 Å². The van der Waals surface area contributed by atoms with Gasteiger partial charge in [0.25, 0.3) is 0 Å². The maximum Gasteiger partial charge on any atom is 0.0543 e. The number of fused-ring (bicyclic) bond motifs is 9. The van der Waals surface area contributed by atoms with E-state index in [9.17, 15) is 0 Å². The fourth-order valence-electron chi connectivity index (χ4n) is 9.92. The van der Waals surface area contributed by atoms with E-state index < -0.39 is 0 Å². The highest BCUT2D eigenvalue weighted by molar-refractivity contribution is 7.26. The molecule has 268 valence electrons. The molecular formula is C54H41NS. The van der Waals surface area contributed by atoms with Gasteiger partial charge in [0.15, 0.2) is 0 Å². The number of nitrogens with zero attached hydrogens (tertiary/aromatic N) is 1. The zero-order valence-corrected chi connectivity index (χ0v) is 32.9. The van der Waals surface area contributed by atoms with Crippen molar-refractivity contribution in [2.45, 2.75) is 38.5 Å². The highest BCUT2D eigenvalue weighted by Crippen LogP contribution is 2.55. The molecule has 0 saturated heterocycles. The molecule has 2 aliphatic rings. The predicted molar refractivity (Wildman–Crippen MR) is 240 cm³/mol. The standard InChI is InChI=1S/C54H41NS/c1-53(2)44-23-8-5-18-42(44)50-38(20-13-25-46(50)53)34-29-31-36(32-30-34)55(48-27-14-26-47-51(48)43-19-6-9-24-45(43)54(47,3)4)37-16-11-15-35(33-37)39-21-12-22-41-40-17-7-10-28-49(40)56-52(39)41/h5-33H,1-4H3. The Bertz CT molecular complexity index is 3030. The molecule has 2 heteroatoms. The number of anilines is 3. The van der Waals surface area contributed by atoms with Gasteiger partial charge in [-0.05, 0) is 97.6 Å². The largest absolute Gasteiger partial charge is 0.310 e. The average molecular weight is 736 g/mol. The first-order valence-corrected chi connectivity index (χ1v) is 20.5. The van der Waals surface area contributed by atoms with Gasteiger partial charge in [-0.15, -0.1) is 11.3 Å². The van der Waals surface area contributed by atoms with E-state index in [0.717, 1.165) is 11.4 Å². The van der Waals surface area contributed by atoms with Crippen molar-refractivity contribution < 1.29 is 0 Å². The summed E-state index contributed by atoms with van der Waals surface area (Å²) in [5.41, 5.74) is 19.2. The summed E-state index contributed by atoms with van der Waals surface area (Å²) in [7, 11) is 0. The molecule has 0 saturated carbocycles. The van der Waals surface area contributed by atoms with Crippen molar-refractivity contribution >= 4 is 48.6 Å². The Morgan fingerprint density at radius 2 is 0.946 bits per heavy atom. The van der Waals surface area contributed by atoms with E-state index >= 15 is 0 Å². The van der Waals surface area contributed by atoms with Gasteiger partial charge in [0.2, 0.25) is 0 Å². The molecule has 0 amide bonds. The molecule has 8 aromatic carbocycles. The van der Waals surface area contributed by atoms with Gasteiger partial charge >= 0.3 is 0 Å². The Kier molecular flexibility index (Phi) is 7.18. The molecule has 0 N–H and O–H groups in total. The van der Waals surface area contributed by atoms with Crippen molar-refractivity contribution in [3.63, 3.8) is 0 Å². The van der Waals surface area contributed by atoms with E-state index in [1.165, 1.54) is 92.6 Å². The summed E-state index contributed by atoms with van der Waals surface area (Å²) < 4.78 is 2.66. The second-order valence-electron chi connectivity index (χ2n) is 16.5. The SMILES string of the molecule is CC1(C)c2ccccc2-c2c(-c3ccc(N(c4cccc(-c5cccc6c5sc5ccccc56)c4)c4cccc5c4-c4ccccc4C5(C)C)cc3)cccc21. The Morgan fingerprint density at radius 3 is 1.71 bits per heavy atom. The molecule has 2 aliphatic carbocycles. The summed E-state index contributed by atoms with van der Waals surface area (Å²) in [5.74, 6) is 0. The van der Waals surface area contributed by atoms with Crippen LogP contribution in [0.1, 0.15) is 49.9 Å². The van der Waals surface area contributed by atoms with Crippen LogP contribution in [0, 0.1) is 0 Å². The topological polar surface area (TPSA) is 3.24 Å². The van der Waals surface area contributed by atoms with Crippen LogP contribution in [0.2, 0.25) is 0 Å². The monoisotopic (exact) mass is 735 g/mol. The van der Waals surface area contributed by atoms with Gasteiger partial charge in [0.1, 0.15) is 0 Å². The third kappa shape index (κ3) is 4.72. The van der Waals surface area contributed by atoms with Crippen LogP contribution in [0.4, 0.5) is 17.1 Å². The van der Waals surface area contributed by atoms with Crippen LogP contribution >= 0.6 is 11.3 Å². The normalized spacial score (nSPS) is 14.4. The van der Waals surface area contributed by atoms with E-state index in [4.69, 9.17) is 0 Å². The molecule has 9 aromatic rings. The van der Waals surface area contributed by atoms with Gasteiger partial charge < -0.3 is 4.90 Å². The van der Waals surface area contributed by atoms with Gasteiger partial charge in [0.05, 0.1) is 5.69 Å². The highest BCUT2D eigenvalue weighted by atomic mass is 32.1. The van der Waals surface area contributed by atoms with E-state index in [2.05, 4.69) is 209 Å². The van der Waals surface area contributed by atoms with Crippen molar-refractivity contribution in [1.29, 1.82) is 0 Å². The van der Waals surface area contributed by atoms with Gasteiger partial charge in [-0.3, -0.25) is 0 Å². The summed E-state index contributed by atoms with van der Waals surface area (Å²) >= 11 is 1.89. The molecular weight excluding hydrogens is 695 g/mol. The van der Waals surface area contributed by atoms with Crippen LogP contribution in [0.3, 0.4) is 0 Å². The van der Waals surface area contributed by atoms with E-state index in [1.807, 2.05) is 11.3 Å². The molecule has 0 unspecified atom stereocenters. The third-order valence-corrected chi connectivity index (χ3v) is 13.9. The van der Waals surface area contributed by atoms with Crippen LogP contribution in [-0.2, 0) is 10.8 Å². The summed E-state index contributed by atoms with van der Waals surface area (Å²) in [6.45, 7) is 9.44. The Balaban J connectivity index is 1.10. The minimum Gasteiger partial charge on any atom is -0.310 e. The molecule has 0 aliphatic heterocycles. The average Bonchev–Trinajstić information content (AvgIpc) is 3.82. The molecule has 1 nitrogen and oxygen atoms in total. The van der Waals surface area contributed by atoms with E-state index in [0.29, 0.717) is 0 Å². The molecule has 11 rings (SSSR count). The third-order valence-electron chi connectivity index (χ3n) is 12.7. The molecule has 1 aromatic heterocycles. The number of hydrogen-bond acceptors (Lipinski definition) is 2. The molecule has 1 heterocycles. The van der Waals surface area contributed by atoms with Crippen molar-refractivity contribution in [2.75, 3.05) is 4.90 Å². The fourth-order valence-corrected chi connectivity index (χ4v) is 11.2. The lowest BCUT2D eigenvalue weighted by Crippen LogP contribution is -2.16. The summed E-state index contributed by atoms with van der Waals surface area (Å²) in [6, 6.07) is 65.7. The maximum absolute atomic E-state index is 2.49. The van der Waals surface area contributed by atoms with Crippen molar-refractivity contribution in [1.82, 2.24) is 0 Å². The molecule has 0 bridgehead atoms. The fraction of sp³-hybridized carbons (Fsp3) is 0.111. The Hall–Kier alpha value is -6.22. The number of hydrogen-bond donors (Lipinski definition) is 0. The first-order chi connectivity index (χ1) is 27.3. The van der Waals surface area contributed by atoms with Crippen LogP contribution in [0.15, 0.2) is 176 Å².